The second kappa shape index (κ2) is 6.43. The van der Waals surface area contributed by atoms with E-state index in [1.54, 1.807) is 23.9 Å². The van der Waals surface area contributed by atoms with Crippen molar-refractivity contribution in [2.75, 3.05) is 11.5 Å². The van der Waals surface area contributed by atoms with Gasteiger partial charge in [0.1, 0.15) is 0 Å². The zero-order valence-electron chi connectivity index (χ0n) is 11.2. The Morgan fingerprint density at radius 2 is 2.00 bits per heavy atom. The fourth-order valence-electron chi connectivity index (χ4n) is 1.92. The van der Waals surface area contributed by atoms with Crippen LogP contribution in [-0.4, -0.2) is 10.7 Å². The minimum absolute atomic E-state index is 0.196. The number of rotatable bonds is 5. The fourth-order valence-corrected chi connectivity index (χ4v) is 2.90. The smallest absolute Gasteiger partial charge is 0.272 e. The van der Waals surface area contributed by atoms with Crippen LogP contribution in [0.25, 0.3) is 0 Å². The summed E-state index contributed by atoms with van der Waals surface area (Å²) in [6.45, 7) is 1.97. The van der Waals surface area contributed by atoms with Gasteiger partial charge in [0.15, 0.2) is 0 Å². The van der Waals surface area contributed by atoms with Crippen molar-refractivity contribution in [1.82, 2.24) is 0 Å². The summed E-state index contributed by atoms with van der Waals surface area (Å²) in [4.78, 5) is 11.7. The average Bonchev–Trinajstić information content (AvgIpc) is 2.43. The maximum atomic E-state index is 10.9. The van der Waals surface area contributed by atoms with Gasteiger partial charge in [-0.05, 0) is 37.1 Å². The molecular weight excluding hydrogens is 272 g/mol. The molecule has 0 saturated carbocycles. The van der Waals surface area contributed by atoms with Crippen molar-refractivity contribution >= 4 is 23.1 Å². The van der Waals surface area contributed by atoms with E-state index in [-0.39, 0.29) is 10.6 Å². The molecule has 2 aromatic rings. The molecule has 0 spiro atoms. The second-order valence-electron chi connectivity index (χ2n) is 4.50. The van der Waals surface area contributed by atoms with Gasteiger partial charge >= 0.3 is 0 Å². The number of nitro groups is 1. The van der Waals surface area contributed by atoms with Crippen LogP contribution in [0.2, 0.25) is 0 Å². The summed E-state index contributed by atoms with van der Waals surface area (Å²) in [7, 11) is 0. The van der Waals surface area contributed by atoms with Gasteiger partial charge < -0.3 is 5.73 Å². The normalized spacial score (nSPS) is 10.4. The number of nitrogens with zero attached hydrogens (tertiary/aromatic N) is 1. The summed E-state index contributed by atoms with van der Waals surface area (Å²) < 4.78 is 0. The topological polar surface area (TPSA) is 69.2 Å². The highest BCUT2D eigenvalue weighted by molar-refractivity contribution is 7.99. The number of anilines is 1. The third-order valence-electron chi connectivity index (χ3n) is 3.07. The van der Waals surface area contributed by atoms with Gasteiger partial charge in [0.05, 0.1) is 4.92 Å². The van der Waals surface area contributed by atoms with Gasteiger partial charge in [0.25, 0.3) is 5.69 Å². The van der Waals surface area contributed by atoms with Crippen LogP contribution < -0.4 is 5.73 Å². The average molecular weight is 288 g/mol. The molecule has 2 aromatic carbocycles. The van der Waals surface area contributed by atoms with Gasteiger partial charge in [-0.1, -0.05) is 18.2 Å². The highest BCUT2D eigenvalue weighted by Crippen LogP contribution is 2.25. The predicted octanol–water partition coefficient (Wildman–Crippen LogP) is 3.82. The molecule has 0 bridgehead atoms. The minimum Gasteiger partial charge on any atom is -0.399 e. The first kappa shape index (κ1) is 14.4. The van der Waals surface area contributed by atoms with Crippen LogP contribution in [0.1, 0.15) is 11.1 Å². The van der Waals surface area contributed by atoms with E-state index in [2.05, 4.69) is 0 Å². The number of benzene rings is 2. The molecule has 0 radical (unpaired) electrons. The van der Waals surface area contributed by atoms with Crippen molar-refractivity contribution in [2.24, 2.45) is 0 Å². The summed E-state index contributed by atoms with van der Waals surface area (Å²) in [5.41, 5.74) is 8.59. The summed E-state index contributed by atoms with van der Waals surface area (Å²) in [5.74, 6) is 0.800. The van der Waals surface area contributed by atoms with Crippen LogP contribution in [0.5, 0.6) is 0 Å². The van der Waals surface area contributed by atoms with Crippen LogP contribution in [0.3, 0.4) is 0 Å². The van der Waals surface area contributed by atoms with Crippen LogP contribution >= 0.6 is 11.8 Å². The lowest BCUT2D eigenvalue weighted by atomic mass is 10.1. The van der Waals surface area contributed by atoms with Crippen molar-refractivity contribution in [1.29, 1.82) is 0 Å². The number of hydrogen-bond acceptors (Lipinski definition) is 4. The molecule has 0 atom stereocenters. The van der Waals surface area contributed by atoms with Crippen molar-refractivity contribution in [3.05, 3.63) is 63.7 Å². The number of nitro benzene ring substituents is 1. The lowest BCUT2D eigenvalue weighted by Gasteiger charge is -2.05. The molecule has 0 unspecified atom stereocenters. The minimum atomic E-state index is -0.326. The van der Waals surface area contributed by atoms with Crippen LogP contribution in [-0.2, 0) is 6.42 Å². The van der Waals surface area contributed by atoms with Crippen molar-refractivity contribution in [3.8, 4) is 0 Å². The standard InChI is InChI=1S/C15H16N2O2S/c1-11-10-13(6-7-14(11)16)20-9-8-12-4-2-3-5-15(12)17(18)19/h2-7,10H,8-9,16H2,1H3. The SMILES string of the molecule is Cc1cc(SCCc2ccccc2[N+](=O)[O-])ccc1N. The van der Waals surface area contributed by atoms with E-state index in [0.29, 0.717) is 6.42 Å². The van der Waals surface area contributed by atoms with Gasteiger partial charge in [0, 0.05) is 28.0 Å². The Kier molecular flexibility index (Phi) is 4.63. The number of nitrogen functional groups attached to an aromatic ring is 1. The van der Waals surface area contributed by atoms with Crippen LogP contribution in [0.4, 0.5) is 11.4 Å². The monoisotopic (exact) mass is 288 g/mol. The Morgan fingerprint density at radius 3 is 2.70 bits per heavy atom. The molecule has 5 heteroatoms. The van der Waals surface area contributed by atoms with E-state index in [1.807, 2.05) is 37.3 Å². The molecule has 0 amide bonds. The third-order valence-corrected chi connectivity index (χ3v) is 4.07. The van der Waals surface area contributed by atoms with E-state index in [9.17, 15) is 10.1 Å². The largest absolute Gasteiger partial charge is 0.399 e. The summed E-state index contributed by atoms with van der Waals surface area (Å²) in [6.07, 6.45) is 0.672. The van der Waals surface area contributed by atoms with Gasteiger partial charge in [-0.3, -0.25) is 10.1 Å². The third kappa shape index (κ3) is 3.51. The van der Waals surface area contributed by atoms with Crippen molar-refractivity contribution in [2.45, 2.75) is 18.2 Å². The Morgan fingerprint density at radius 1 is 1.25 bits per heavy atom. The number of para-hydroxylation sites is 1. The molecule has 4 nitrogen and oxygen atoms in total. The molecule has 104 valence electrons. The molecule has 0 saturated heterocycles. The molecule has 0 heterocycles. The van der Waals surface area contributed by atoms with E-state index in [1.165, 1.54) is 0 Å². The maximum Gasteiger partial charge on any atom is 0.272 e. The first-order valence-corrected chi connectivity index (χ1v) is 7.27. The molecular formula is C15H16N2O2S. The Bertz CT molecular complexity index is 629. The number of thioether (sulfide) groups is 1. The predicted molar refractivity (Wildman–Crippen MR) is 83.1 cm³/mol. The molecule has 0 fully saturated rings. The van der Waals surface area contributed by atoms with Gasteiger partial charge in [-0.2, -0.15) is 0 Å². The highest BCUT2D eigenvalue weighted by Gasteiger charge is 2.11. The van der Waals surface area contributed by atoms with Gasteiger partial charge in [0.2, 0.25) is 0 Å². The first-order valence-electron chi connectivity index (χ1n) is 6.29. The Hall–Kier alpha value is -2.01. The summed E-state index contributed by atoms with van der Waals surface area (Å²) in [6, 6.07) is 12.8. The van der Waals surface area contributed by atoms with Gasteiger partial charge in [-0.25, -0.2) is 0 Å². The molecule has 0 aliphatic carbocycles. The van der Waals surface area contributed by atoms with Gasteiger partial charge in [-0.15, -0.1) is 11.8 Å². The first-order chi connectivity index (χ1) is 9.58. The summed E-state index contributed by atoms with van der Waals surface area (Å²) in [5, 5.41) is 10.9. The quantitative estimate of drug-likeness (QED) is 0.393. The van der Waals surface area contributed by atoms with Crippen molar-refractivity contribution < 1.29 is 4.92 Å². The fraction of sp³-hybridized carbons (Fsp3) is 0.200. The number of hydrogen-bond donors (Lipinski definition) is 1. The lowest BCUT2D eigenvalue weighted by Crippen LogP contribution is -1.97. The Balaban J connectivity index is 1.99. The maximum absolute atomic E-state index is 10.9. The molecule has 0 aliphatic rings. The molecule has 20 heavy (non-hydrogen) atoms. The van der Waals surface area contributed by atoms with Crippen molar-refractivity contribution in [3.63, 3.8) is 0 Å². The number of aryl methyl sites for hydroxylation is 2. The Labute approximate surface area is 122 Å². The van der Waals surface area contributed by atoms with E-state index >= 15 is 0 Å². The highest BCUT2D eigenvalue weighted by atomic mass is 32.2. The zero-order chi connectivity index (χ0) is 14.5. The van der Waals surface area contributed by atoms with E-state index in [0.717, 1.165) is 27.5 Å². The summed E-state index contributed by atoms with van der Waals surface area (Å²) >= 11 is 1.68. The van der Waals surface area contributed by atoms with Crippen LogP contribution in [0.15, 0.2) is 47.4 Å². The van der Waals surface area contributed by atoms with E-state index in [4.69, 9.17) is 5.73 Å². The molecule has 0 aromatic heterocycles. The molecule has 2 N–H and O–H groups in total. The van der Waals surface area contributed by atoms with Crippen LogP contribution in [0, 0.1) is 17.0 Å². The second-order valence-corrected chi connectivity index (χ2v) is 5.67. The van der Waals surface area contributed by atoms with E-state index < -0.39 is 0 Å². The number of nitrogens with two attached hydrogens (primary N) is 1. The molecule has 0 aliphatic heterocycles. The zero-order valence-corrected chi connectivity index (χ0v) is 12.0. The molecule has 2 rings (SSSR count). The lowest BCUT2D eigenvalue weighted by molar-refractivity contribution is -0.385.